The van der Waals surface area contributed by atoms with E-state index in [0.717, 1.165) is 12.8 Å². The molecule has 0 radical (unpaired) electrons. The normalized spacial score (nSPS) is 12.8. The van der Waals surface area contributed by atoms with Gasteiger partial charge in [0.25, 0.3) is 0 Å². The average Bonchev–Trinajstić information content (AvgIpc) is 3.58. The Labute approximate surface area is 307 Å². The highest BCUT2D eigenvalue weighted by atomic mass is 15.0. The van der Waals surface area contributed by atoms with E-state index in [1.807, 2.05) is 0 Å². The van der Waals surface area contributed by atoms with E-state index in [9.17, 15) is 0 Å². The number of rotatable bonds is 2. The lowest BCUT2D eigenvalue weighted by Crippen LogP contribution is -2.05. The van der Waals surface area contributed by atoms with Gasteiger partial charge < -0.3 is 4.57 Å². The zero-order chi connectivity index (χ0) is 34.6. The molecule has 0 saturated carbocycles. The van der Waals surface area contributed by atoms with Crippen molar-refractivity contribution in [3.8, 4) is 27.9 Å². The summed E-state index contributed by atoms with van der Waals surface area (Å²) in [7, 11) is 0. The first-order valence-corrected chi connectivity index (χ1v) is 18.7. The third kappa shape index (κ3) is 4.08. The quantitative estimate of drug-likeness (QED) is 0.161. The van der Waals surface area contributed by atoms with Crippen LogP contribution in [0, 0.1) is 0 Å². The van der Waals surface area contributed by atoms with Gasteiger partial charge >= 0.3 is 0 Å². The minimum atomic E-state index is 1.05. The fourth-order valence-electron chi connectivity index (χ4n) is 9.68. The molecule has 10 aromatic carbocycles. The van der Waals surface area contributed by atoms with Crippen molar-refractivity contribution in [1.82, 2.24) is 4.57 Å². The second-order valence-corrected chi connectivity index (χ2v) is 14.7. The summed E-state index contributed by atoms with van der Waals surface area (Å²) in [5.74, 6) is 0. The summed E-state index contributed by atoms with van der Waals surface area (Å²) in [6.07, 6.45) is 2.13. The fourth-order valence-corrected chi connectivity index (χ4v) is 9.68. The van der Waals surface area contributed by atoms with Crippen LogP contribution >= 0.6 is 0 Å². The highest BCUT2D eigenvalue weighted by Crippen LogP contribution is 2.47. The van der Waals surface area contributed by atoms with Crippen molar-refractivity contribution in [1.29, 1.82) is 0 Å². The van der Waals surface area contributed by atoms with Gasteiger partial charge in [-0.05, 0) is 120 Å². The van der Waals surface area contributed by atoms with Crippen molar-refractivity contribution in [2.75, 3.05) is 0 Å². The van der Waals surface area contributed by atoms with Gasteiger partial charge in [0.1, 0.15) is 0 Å². The van der Waals surface area contributed by atoms with Crippen LogP contribution in [0.15, 0.2) is 176 Å². The molecule has 0 spiro atoms. The lowest BCUT2D eigenvalue weighted by molar-refractivity contribution is 0.938. The minimum Gasteiger partial charge on any atom is -0.309 e. The SMILES string of the molecule is c1ccc2c(c1)CCc1cc(-n3c4ccccc4c4c5c6ccccc6c(-c6ccc7c(ccc8ccccc87)c6)cc5c5ccccc5c43)ccc1-2. The molecule has 1 nitrogen and oxygen atoms in total. The van der Waals surface area contributed by atoms with E-state index in [1.54, 1.807) is 0 Å². The van der Waals surface area contributed by atoms with Gasteiger partial charge in [-0.1, -0.05) is 146 Å². The number of nitrogens with zero attached hydrogens (tertiary/aromatic N) is 1. The molecule has 0 N–H and O–H groups in total. The lowest BCUT2D eigenvalue weighted by atomic mass is 9.85. The molecule has 246 valence electrons. The summed E-state index contributed by atoms with van der Waals surface area (Å²) in [5.41, 5.74) is 11.9. The van der Waals surface area contributed by atoms with Crippen molar-refractivity contribution in [2.24, 2.45) is 0 Å². The van der Waals surface area contributed by atoms with Gasteiger partial charge in [0, 0.05) is 27.2 Å². The Morgan fingerprint density at radius 2 is 1.00 bits per heavy atom. The van der Waals surface area contributed by atoms with Crippen molar-refractivity contribution >= 4 is 75.7 Å². The number of hydrogen-bond acceptors (Lipinski definition) is 0. The van der Waals surface area contributed by atoms with Gasteiger partial charge in [0.15, 0.2) is 0 Å². The van der Waals surface area contributed by atoms with E-state index in [2.05, 4.69) is 180 Å². The van der Waals surface area contributed by atoms with Crippen molar-refractivity contribution in [2.45, 2.75) is 12.8 Å². The number of hydrogen-bond donors (Lipinski definition) is 0. The van der Waals surface area contributed by atoms with Crippen molar-refractivity contribution < 1.29 is 0 Å². The average molecular weight is 672 g/mol. The maximum Gasteiger partial charge on any atom is 0.0626 e. The van der Waals surface area contributed by atoms with Gasteiger partial charge in [-0.25, -0.2) is 0 Å². The number of aryl methyl sites for hydroxylation is 2. The summed E-state index contributed by atoms with van der Waals surface area (Å²) in [5, 5.41) is 15.5. The summed E-state index contributed by atoms with van der Waals surface area (Å²) in [6, 6.07) is 65.9. The Morgan fingerprint density at radius 1 is 0.340 bits per heavy atom. The van der Waals surface area contributed by atoms with Gasteiger partial charge in [-0.15, -0.1) is 0 Å². The van der Waals surface area contributed by atoms with E-state index >= 15 is 0 Å². The molecule has 0 unspecified atom stereocenters. The summed E-state index contributed by atoms with van der Waals surface area (Å²) < 4.78 is 2.55. The molecule has 1 heterocycles. The fraction of sp³-hybridized carbons (Fsp3) is 0.0385. The maximum atomic E-state index is 2.55. The molecule has 12 rings (SSSR count). The van der Waals surface area contributed by atoms with E-state index in [1.165, 1.54) is 115 Å². The van der Waals surface area contributed by atoms with Gasteiger partial charge in [-0.2, -0.15) is 0 Å². The maximum absolute atomic E-state index is 2.55. The number of benzene rings is 10. The highest BCUT2D eigenvalue weighted by molar-refractivity contribution is 6.38. The first-order valence-electron chi connectivity index (χ1n) is 18.7. The molecule has 1 aliphatic rings. The van der Waals surface area contributed by atoms with Crippen LogP contribution in [0.3, 0.4) is 0 Å². The molecular weight excluding hydrogens is 639 g/mol. The largest absolute Gasteiger partial charge is 0.309 e. The molecular formula is C52H33N. The molecule has 11 aromatic rings. The third-order valence-electron chi connectivity index (χ3n) is 12.0. The molecule has 0 atom stereocenters. The Bertz CT molecular complexity index is 3340. The summed E-state index contributed by atoms with van der Waals surface area (Å²) in [6.45, 7) is 0. The molecule has 0 fully saturated rings. The molecule has 53 heavy (non-hydrogen) atoms. The Kier molecular flexibility index (Phi) is 5.95. The Morgan fingerprint density at radius 3 is 1.91 bits per heavy atom. The third-order valence-corrected chi connectivity index (χ3v) is 12.0. The standard InChI is InChI=1S/C52H33N/c1-3-13-38-32(11-1)21-23-34-29-35(25-27-40(34)38)47-31-48-43-16-6-8-18-45(43)52-51(50(48)44-17-7-5-15-42(44)47)46-19-9-10-20-49(46)53(52)37-26-28-41-36(30-37)24-22-33-12-2-4-14-39(33)41/h1-21,23,25-31H,22,24H2. The smallest absolute Gasteiger partial charge is 0.0626 e. The minimum absolute atomic E-state index is 1.05. The monoisotopic (exact) mass is 671 g/mol. The first-order chi connectivity index (χ1) is 26.3. The van der Waals surface area contributed by atoms with Crippen LogP contribution in [-0.2, 0) is 12.8 Å². The Balaban J connectivity index is 1.19. The second kappa shape index (κ2) is 10.9. The molecule has 0 bridgehead atoms. The van der Waals surface area contributed by atoms with E-state index < -0.39 is 0 Å². The second-order valence-electron chi connectivity index (χ2n) is 14.7. The van der Waals surface area contributed by atoms with E-state index in [-0.39, 0.29) is 0 Å². The van der Waals surface area contributed by atoms with Crippen LogP contribution in [-0.4, -0.2) is 4.57 Å². The molecule has 0 saturated heterocycles. The Hall–Kier alpha value is -6.70. The lowest BCUT2D eigenvalue weighted by Gasteiger charge is -2.21. The van der Waals surface area contributed by atoms with Gasteiger partial charge in [-0.3, -0.25) is 0 Å². The van der Waals surface area contributed by atoms with Crippen LogP contribution in [0.1, 0.15) is 11.1 Å². The molecule has 1 aromatic heterocycles. The van der Waals surface area contributed by atoms with Crippen LogP contribution in [0.4, 0.5) is 0 Å². The van der Waals surface area contributed by atoms with Crippen molar-refractivity contribution in [3.05, 3.63) is 187 Å². The topological polar surface area (TPSA) is 4.93 Å². The van der Waals surface area contributed by atoms with E-state index in [4.69, 9.17) is 0 Å². The van der Waals surface area contributed by atoms with Crippen molar-refractivity contribution in [3.63, 3.8) is 0 Å². The van der Waals surface area contributed by atoms with E-state index in [0.29, 0.717) is 0 Å². The van der Waals surface area contributed by atoms with Crippen LogP contribution in [0.25, 0.3) is 104 Å². The molecule has 0 aliphatic heterocycles. The number of fused-ring (bicyclic) bond motifs is 16. The molecule has 1 aliphatic carbocycles. The summed E-state index contributed by atoms with van der Waals surface area (Å²) >= 11 is 0. The van der Waals surface area contributed by atoms with Crippen LogP contribution in [0.2, 0.25) is 0 Å². The van der Waals surface area contributed by atoms with Gasteiger partial charge in [0.05, 0.1) is 11.0 Å². The zero-order valence-electron chi connectivity index (χ0n) is 29.1. The predicted octanol–water partition coefficient (Wildman–Crippen LogP) is 14.0. The van der Waals surface area contributed by atoms with Gasteiger partial charge in [0.2, 0.25) is 0 Å². The predicted molar refractivity (Wildman–Crippen MR) is 227 cm³/mol. The number of para-hydroxylation sites is 1. The van der Waals surface area contributed by atoms with Crippen LogP contribution in [0.5, 0.6) is 0 Å². The number of aromatic nitrogens is 1. The molecule has 1 heteroatoms. The summed E-state index contributed by atoms with van der Waals surface area (Å²) in [4.78, 5) is 0. The van der Waals surface area contributed by atoms with Crippen LogP contribution < -0.4 is 0 Å². The zero-order valence-corrected chi connectivity index (χ0v) is 29.1. The first kappa shape index (κ1) is 28.9. The molecule has 0 amide bonds. The highest BCUT2D eigenvalue weighted by Gasteiger charge is 2.23.